The van der Waals surface area contributed by atoms with Crippen LogP contribution in [0, 0.1) is 6.07 Å². The van der Waals surface area contributed by atoms with Gasteiger partial charge in [-0.3, -0.25) is 5.10 Å². The lowest BCUT2D eigenvalue weighted by atomic mass is 10.2. The number of nitrogens with zero attached hydrogens (tertiary/aromatic N) is 2. The number of rotatable bonds is 5. The van der Waals surface area contributed by atoms with Gasteiger partial charge in [-0.25, -0.2) is 0 Å². The molecule has 0 aliphatic heterocycles. The van der Waals surface area contributed by atoms with Gasteiger partial charge in [0.05, 0.1) is 6.61 Å². The van der Waals surface area contributed by atoms with Crippen LogP contribution in [-0.2, 0) is 0 Å². The van der Waals surface area contributed by atoms with Crippen molar-refractivity contribution in [3.8, 4) is 5.75 Å². The second-order valence-electron chi connectivity index (χ2n) is 3.43. The molecule has 15 heavy (non-hydrogen) atoms. The van der Waals surface area contributed by atoms with Gasteiger partial charge < -0.3 is 4.74 Å². The lowest BCUT2D eigenvalue weighted by Gasteiger charge is -2.05. The largest absolute Gasteiger partial charge is 0.491 e. The third-order valence-corrected chi connectivity index (χ3v) is 2.26. The summed E-state index contributed by atoms with van der Waals surface area (Å²) < 4.78 is 5.65. The zero-order valence-electron chi connectivity index (χ0n) is 8.79. The lowest BCUT2D eigenvalue weighted by Crippen LogP contribution is -1.97. The van der Waals surface area contributed by atoms with Crippen LogP contribution in [0.5, 0.6) is 5.75 Å². The van der Waals surface area contributed by atoms with E-state index in [1.165, 1.54) is 12.8 Å². The van der Waals surface area contributed by atoms with Gasteiger partial charge in [-0.05, 0) is 18.6 Å². The van der Waals surface area contributed by atoms with E-state index in [1.807, 2.05) is 6.07 Å². The van der Waals surface area contributed by atoms with Crippen LogP contribution in [0.1, 0.15) is 26.2 Å². The number of hydrogen-bond acceptors (Lipinski definition) is 3. The van der Waals surface area contributed by atoms with Crippen LogP contribution in [-0.4, -0.2) is 22.0 Å². The quantitative estimate of drug-likeness (QED) is 0.760. The number of hydrogen-bond donors (Lipinski definition) is 1. The van der Waals surface area contributed by atoms with Crippen molar-refractivity contribution in [1.82, 2.24) is 15.4 Å². The summed E-state index contributed by atoms with van der Waals surface area (Å²) in [5, 5.41) is 10.4. The number of unbranched alkanes of at least 4 members (excludes halogenated alkanes) is 2. The van der Waals surface area contributed by atoms with Crippen molar-refractivity contribution in [1.29, 1.82) is 0 Å². The number of fused-ring (bicyclic) bond motifs is 1. The van der Waals surface area contributed by atoms with Gasteiger partial charge >= 0.3 is 0 Å². The van der Waals surface area contributed by atoms with Crippen LogP contribution in [0.2, 0.25) is 0 Å². The molecule has 0 fully saturated rings. The van der Waals surface area contributed by atoms with E-state index in [0.29, 0.717) is 0 Å². The first-order valence-electron chi connectivity index (χ1n) is 5.26. The molecule has 1 radical (unpaired) electrons. The van der Waals surface area contributed by atoms with Crippen molar-refractivity contribution in [3.63, 3.8) is 0 Å². The maximum Gasteiger partial charge on any atom is 0.146 e. The molecule has 0 aliphatic carbocycles. The summed E-state index contributed by atoms with van der Waals surface area (Å²) >= 11 is 0. The molecule has 1 heterocycles. The highest BCUT2D eigenvalue weighted by Gasteiger charge is 2.04. The van der Waals surface area contributed by atoms with Gasteiger partial charge in [-0.15, -0.1) is 5.10 Å². The fourth-order valence-electron chi connectivity index (χ4n) is 1.43. The van der Waals surface area contributed by atoms with Gasteiger partial charge in [-0.2, -0.15) is 0 Å². The molecule has 0 bridgehead atoms. The molecule has 0 unspecified atom stereocenters. The molecule has 0 saturated heterocycles. The Balaban J connectivity index is 2.04. The Bertz CT molecular complexity index is 424. The number of nitrogens with one attached hydrogen (secondary N) is 1. The Hall–Kier alpha value is -1.58. The van der Waals surface area contributed by atoms with Crippen molar-refractivity contribution >= 4 is 11.0 Å². The van der Waals surface area contributed by atoms with Gasteiger partial charge in [0.2, 0.25) is 0 Å². The highest BCUT2D eigenvalue weighted by molar-refractivity contribution is 5.79. The molecule has 0 amide bonds. The molecule has 0 atom stereocenters. The van der Waals surface area contributed by atoms with E-state index in [4.69, 9.17) is 4.74 Å². The van der Waals surface area contributed by atoms with Gasteiger partial charge in [-0.1, -0.05) is 25.0 Å². The SMILES string of the molecule is CCCCCOc1cc[c]c2nn[nH]c12. The Kier molecular flexibility index (Phi) is 3.17. The van der Waals surface area contributed by atoms with Crippen LogP contribution in [0.3, 0.4) is 0 Å². The number of ether oxygens (including phenoxy) is 1. The molecular formula is C11H14N3O. The van der Waals surface area contributed by atoms with Gasteiger partial charge in [0.15, 0.2) is 0 Å². The van der Waals surface area contributed by atoms with Crippen molar-refractivity contribution in [2.24, 2.45) is 0 Å². The van der Waals surface area contributed by atoms with E-state index < -0.39 is 0 Å². The Morgan fingerprint density at radius 3 is 3.27 bits per heavy atom. The topological polar surface area (TPSA) is 50.8 Å². The van der Waals surface area contributed by atoms with Gasteiger partial charge in [0.25, 0.3) is 0 Å². The maximum atomic E-state index is 5.65. The molecule has 2 rings (SSSR count). The number of benzene rings is 1. The van der Waals surface area contributed by atoms with E-state index in [9.17, 15) is 0 Å². The van der Waals surface area contributed by atoms with E-state index in [-0.39, 0.29) is 0 Å². The third kappa shape index (κ3) is 2.26. The zero-order valence-corrected chi connectivity index (χ0v) is 8.79. The van der Waals surface area contributed by atoms with Crippen LogP contribution in [0.15, 0.2) is 12.1 Å². The molecule has 79 valence electrons. The Morgan fingerprint density at radius 2 is 2.40 bits per heavy atom. The number of aromatic amines is 1. The third-order valence-electron chi connectivity index (χ3n) is 2.26. The van der Waals surface area contributed by atoms with E-state index in [0.717, 1.165) is 29.8 Å². The summed E-state index contributed by atoms with van der Waals surface area (Å²) in [5.41, 5.74) is 1.55. The molecule has 4 nitrogen and oxygen atoms in total. The highest BCUT2D eigenvalue weighted by Crippen LogP contribution is 2.20. The van der Waals surface area contributed by atoms with E-state index in [1.54, 1.807) is 6.07 Å². The average molecular weight is 204 g/mol. The fraction of sp³-hybridized carbons (Fsp3) is 0.455. The molecule has 2 aromatic rings. The predicted octanol–water partition coefficient (Wildman–Crippen LogP) is 2.33. The van der Waals surface area contributed by atoms with E-state index >= 15 is 0 Å². The first-order chi connectivity index (χ1) is 7.42. The van der Waals surface area contributed by atoms with Crippen LogP contribution >= 0.6 is 0 Å². The number of H-pyrrole nitrogens is 1. The standard InChI is InChI=1S/C11H14N3O/c1-2-3-4-8-15-10-7-5-6-9-11(10)13-14-12-9/h5,7H,2-4,8H2,1H3,(H,12,13,14). The summed E-state index contributed by atoms with van der Waals surface area (Å²) in [5.74, 6) is 0.810. The minimum atomic E-state index is 0.725. The number of aromatic nitrogens is 3. The van der Waals surface area contributed by atoms with E-state index in [2.05, 4.69) is 28.4 Å². The zero-order chi connectivity index (χ0) is 10.5. The maximum absolute atomic E-state index is 5.65. The first kappa shape index (κ1) is 9.96. The predicted molar refractivity (Wildman–Crippen MR) is 57.7 cm³/mol. The summed E-state index contributed by atoms with van der Waals surface area (Å²) in [6.45, 7) is 2.92. The fourth-order valence-corrected chi connectivity index (χ4v) is 1.43. The van der Waals surface area contributed by atoms with Crippen molar-refractivity contribution in [3.05, 3.63) is 18.2 Å². The minimum absolute atomic E-state index is 0.725. The molecule has 0 spiro atoms. The minimum Gasteiger partial charge on any atom is -0.491 e. The van der Waals surface area contributed by atoms with Crippen molar-refractivity contribution in [2.75, 3.05) is 6.61 Å². The van der Waals surface area contributed by atoms with Crippen molar-refractivity contribution < 1.29 is 4.74 Å². The summed E-state index contributed by atoms with van der Waals surface area (Å²) in [6, 6.07) is 6.68. The molecule has 1 N–H and O–H groups in total. The smallest absolute Gasteiger partial charge is 0.146 e. The molecule has 1 aromatic carbocycles. The summed E-state index contributed by atoms with van der Waals surface area (Å²) in [7, 11) is 0. The van der Waals surface area contributed by atoms with Gasteiger partial charge in [0.1, 0.15) is 16.8 Å². The first-order valence-corrected chi connectivity index (χ1v) is 5.26. The van der Waals surface area contributed by atoms with Crippen LogP contribution in [0.4, 0.5) is 0 Å². The Labute approximate surface area is 88.6 Å². The highest BCUT2D eigenvalue weighted by atomic mass is 16.5. The summed E-state index contributed by atoms with van der Waals surface area (Å²) in [6.07, 6.45) is 3.48. The van der Waals surface area contributed by atoms with Gasteiger partial charge in [0, 0.05) is 6.07 Å². The molecule has 0 saturated carbocycles. The molecule has 1 aromatic heterocycles. The second-order valence-corrected chi connectivity index (χ2v) is 3.43. The molecule has 0 aliphatic rings. The monoisotopic (exact) mass is 204 g/mol. The van der Waals surface area contributed by atoms with Crippen LogP contribution in [0.25, 0.3) is 11.0 Å². The van der Waals surface area contributed by atoms with Crippen molar-refractivity contribution in [2.45, 2.75) is 26.2 Å². The second kappa shape index (κ2) is 4.77. The average Bonchev–Trinajstić information content (AvgIpc) is 2.73. The normalized spacial score (nSPS) is 10.7. The Morgan fingerprint density at radius 1 is 1.47 bits per heavy atom. The molecular weight excluding hydrogens is 190 g/mol. The van der Waals surface area contributed by atoms with Crippen LogP contribution < -0.4 is 4.74 Å². The summed E-state index contributed by atoms with van der Waals surface area (Å²) in [4.78, 5) is 0. The lowest BCUT2D eigenvalue weighted by molar-refractivity contribution is 0.309. The molecule has 4 heteroatoms.